The van der Waals surface area contributed by atoms with Crippen molar-refractivity contribution in [1.82, 2.24) is 5.32 Å². The molecule has 1 rings (SSSR count). The van der Waals surface area contributed by atoms with Crippen LogP contribution in [0.1, 0.15) is 33.1 Å². The van der Waals surface area contributed by atoms with E-state index >= 15 is 0 Å². The third-order valence-corrected chi connectivity index (χ3v) is 4.21. The number of carbonyl (C=O) groups is 1. The summed E-state index contributed by atoms with van der Waals surface area (Å²) in [4.78, 5) is 12.1. The van der Waals surface area contributed by atoms with Gasteiger partial charge in [0.15, 0.2) is 0 Å². The molecule has 0 atom stereocenters. The van der Waals surface area contributed by atoms with E-state index in [2.05, 4.69) is 10.6 Å². The van der Waals surface area contributed by atoms with Gasteiger partial charge in [-0.15, -0.1) is 24.8 Å². The molecule has 0 saturated carbocycles. The van der Waals surface area contributed by atoms with Crippen LogP contribution in [0.2, 0.25) is 5.02 Å². The van der Waals surface area contributed by atoms with E-state index < -0.39 is 0 Å². The zero-order valence-corrected chi connectivity index (χ0v) is 16.7. The Balaban J connectivity index is 0. The summed E-state index contributed by atoms with van der Waals surface area (Å²) in [5, 5.41) is 6.84. The molecular weight excluding hydrogens is 373 g/mol. The van der Waals surface area contributed by atoms with Crippen molar-refractivity contribution in [1.29, 1.82) is 0 Å². The van der Waals surface area contributed by atoms with E-state index in [0.29, 0.717) is 30.3 Å². The van der Waals surface area contributed by atoms with Gasteiger partial charge in [-0.25, -0.2) is 0 Å². The molecule has 0 spiro atoms. The van der Waals surface area contributed by atoms with E-state index in [9.17, 15) is 4.79 Å². The Bertz CT molecular complexity index is 489. The molecule has 0 bridgehead atoms. The van der Waals surface area contributed by atoms with Gasteiger partial charge in [0.05, 0.1) is 18.3 Å². The molecule has 0 radical (unpaired) electrons. The highest BCUT2D eigenvalue weighted by atomic mass is 35.5. The summed E-state index contributed by atoms with van der Waals surface area (Å²) in [7, 11) is 1.60. The average Bonchev–Trinajstić information content (AvgIpc) is 2.53. The topological polar surface area (TPSA) is 76.4 Å². The predicted molar refractivity (Wildman–Crippen MR) is 106 cm³/mol. The predicted octanol–water partition coefficient (Wildman–Crippen LogP) is 3.63. The van der Waals surface area contributed by atoms with Gasteiger partial charge in [0.25, 0.3) is 0 Å². The van der Waals surface area contributed by atoms with Crippen molar-refractivity contribution < 1.29 is 9.53 Å². The Hall–Kier alpha value is -0.880. The van der Waals surface area contributed by atoms with Crippen LogP contribution in [-0.2, 0) is 4.79 Å². The minimum atomic E-state index is -0.301. The van der Waals surface area contributed by atoms with Crippen LogP contribution in [0.15, 0.2) is 18.2 Å². The van der Waals surface area contributed by atoms with Crippen molar-refractivity contribution >= 4 is 48.0 Å². The Labute approximate surface area is 161 Å². The first-order valence-electron chi connectivity index (χ1n) is 7.58. The fourth-order valence-electron chi connectivity index (χ4n) is 2.25. The van der Waals surface area contributed by atoms with Crippen molar-refractivity contribution in [3.05, 3.63) is 23.2 Å². The normalized spacial score (nSPS) is 10.2. The number of rotatable bonds is 9. The zero-order valence-electron chi connectivity index (χ0n) is 14.4. The monoisotopic (exact) mass is 399 g/mol. The second-order valence-corrected chi connectivity index (χ2v) is 5.70. The van der Waals surface area contributed by atoms with Crippen LogP contribution in [0.5, 0.6) is 5.75 Å². The summed E-state index contributed by atoms with van der Waals surface area (Å²) >= 11 is 5.97. The van der Waals surface area contributed by atoms with Crippen LogP contribution >= 0.6 is 36.4 Å². The largest absolute Gasteiger partial charge is 0.495 e. The fraction of sp³-hybridized carbons (Fsp3) is 0.562. The minimum Gasteiger partial charge on any atom is -0.495 e. The molecule has 1 aromatic carbocycles. The molecule has 5 nitrogen and oxygen atoms in total. The smallest absolute Gasteiger partial charge is 0.222 e. The van der Waals surface area contributed by atoms with Gasteiger partial charge in [0.1, 0.15) is 5.75 Å². The number of hydrogen-bond donors (Lipinski definition) is 3. The molecule has 1 aromatic rings. The Morgan fingerprint density at radius 2 is 1.92 bits per heavy atom. The first kappa shape index (κ1) is 25.4. The fourth-order valence-corrected chi connectivity index (χ4v) is 2.43. The Morgan fingerprint density at radius 3 is 2.42 bits per heavy atom. The summed E-state index contributed by atoms with van der Waals surface area (Å²) in [6.07, 6.45) is 2.00. The van der Waals surface area contributed by atoms with E-state index in [0.717, 1.165) is 18.5 Å². The number of nitrogens with one attached hydrogen (secondary N) is 2. The molecule has 24 heavy (non-hydrogen) atoms. The van der Waals surface area contributed by atoms with Crippen LogP contribution < -0.4 is 21.1 Å². The maximum atomic E-state index is 12.1. The molecule has 1 amide bonds. The van der Waals surface area contributed by atoms with Crippen LogP contribution in [0, 0.1) is 0 Å². The van der Waals surface area contributed by atoms with Gasteiger partial charge in [-0.1, -0.05) is 25.4 Å². The maximum absolute atomic E-state index is 12.1. The van der Waals surface area contributed by atoms with Crippen LogP contribution in [-0.4, -0.2) is 31.6 Å². The Kier molecular flexibility index (Phi) is 13.2. The highest BCUT2D eigenvalue weighted by Crippen LogP contribution is 2.27. The molecular formula is C16H28Cl3N3O2. The Morgan fingerprint density at radius 1 is 1.29 bits per heavy atom. The number of methoxy groups -OCH3 is 1. The number of carbonyl (C=O) groups excluding carboxylic acids is 1. The molecule has 0 aliphatic carbocycles. The molecule has 8 heteroatoms. The van der Waals surface area contributed by atoms with Crippen LogP contribution in [0.25, 0.3) is 0 Å². The van der Waals surface area contributed by atoms with Gasteiger partial charge in [0.2, 0.25) is 5.91 Å². The molecule has 0 heterocycles. The van der Waals surface area contributed by atoms with Crippen LogP contribution in [0.3, 0.4) is 0 Å². The van der Waals surface area contributed by atoms with E-state index in [4.69, 9.17) is 22.1 Å². The van der Waals surface area contributed by atoms with Crippen molar-refractivity contribution in [3.8, 4) is 5.75 Å². The van der Waals surface area contributed by atoms with Gasteiger partial charge in [-0.3, -0.25) is 4.79 Å². The third-order valence-electron chi connectivity index (χ3n) is 3.98. The molecule has 4 N–H and O–H groups in total. The lowest BCUT2D eigenvalue weighted by Crippen LogP contribution is -2.53. The highest BCUT2D eigenvalue weighted by molar-refractivity contribution is 6.30. The second-order valence-electron chi connectivity index (χ2n) is 5.26. The van der Waals surface area contributed by atoms with Gasteiger partial charge >= 0.3 is 0 Å². The molecule has 0 aliphatic heterocycles. The first-order chi connectivity index (χ1) is 10.5. The van der Waals surface area contributed by atoms with E-state index in [1.54, 1.807) is 25.3 Å². The lowest BCUT2D eigenvalue weighted by Gasteiger charge is -2.31. The molecule has 0 unspecified atom stereocenters. The molecule has 0 aromatic heterocycles. The lowest BCUT2D eigenvalue weighted by atomic mass is 9.93. The number of anilines is 1. The quantitative estimate of drug-likeness (QED) is 0.591. The van der Waals surface area contributed by atoms with E-state index in [1.807, 2.05) is 13.8 Å². The van der Waals surface area contributed by atoms with Crippen molar-refractivity contribution in [2.24, 2.45) is 5.73 Å². The third kappa shape index (κ3) is 7.34. The van der Waals surface area contributed by atoms with Crippen molar-refractivity contribution in [3.63, 3.8) is 0 Å². The standard InChI is InChI=1S/C16H26ClN3O2.2ClH/c1-4-16(5-2,11-18)20-15(21)8-9-19-13-10-12(17)6-7-14(13)22-3;;/h6-7,10,19H,4-5,8-9,11,18H2,1-3H3,(H,20,21);2*1H. The zero-order chi connectivity index (χ0) is 16.6. The van der Waals surface area contributed by atoms with Crippen LogP contribution in [0.4, 0.5) is 5.69 Å². The lowest BCUT2D eigenvalue weighted by molar-refractivity contribution is -0.122. The highest BCUT2D eigenvalue weighted by Gasteiger charge is 2.25. The summed E-state index contributed by atoms with van der Waals surface area (Å²) in [6, 6.07) is 5.33. The number of nitrogens with two attached hydrogens (primary N) is 1. The number of ether oxygens (including phenoxy) is 1. The van der Waals surface area contributed by atoms with E-state index in [-0.39, 0.29) is 36.3 Å². The average molecular weight is 401 g/mol. The van der Waals surface area contributed by atoms with Gasteiger partial charge in [-0.05, 0) is 31.0 Å². The number of hydrogen-bond acceptors (Lipinski definition) is 4. The number of benzene rings is 1. The molecule has 0 aliphatic rings. The van der Waals surface area contributed by atoms with Gasteiger partial charge in [0, 0.05) is 24.5 Å². The van der Waals surface area contributed by atoms with Crippen molar-refractivity contribution in [2.75, 3.05) is 25.5 Å². The maximum Gasteiger partial charge on any atom is 0.222 e. The summed E-state index contributed by atoms with van der Waals surface area (Å²) < 4.78 is 5.25. The van der Waals surface area contributed by atoms with Crippen molar-refractivity contribution in [2.45, 2.75) is 38.6 Å². The molecule has 0 saturated heterocycles. The van der Waals surface area contributed by atoms with Gasteiger partial charge < -0.3 is 21.1 Å². The molecule has 140 valence electrons. The first-order valence-corrected chi connectivity index (χ1v) is 7.96. The summed E-state index contributed by atoms with van der Waals surface area (Å²) in [6.45, 7) is 5.01. The second kappa shape index (κ2) is 12.5. The minimum absolute atomic E-state index is 0. The SMILES string of the molecule is CCC(CC)(CN)NC(=O)CCNc1cc(Cl)ccc1OC.Cl.Cl. The number of halogens is 3. The van der Waals surface area contributed by atoms with E-state index in [1.165, 1.54) is 0 Å². The summed E-state index contributed by atoms with van der Waals surface area (Å²) in [5.41, 5.74) is 6.27. The summed E-state index contributed by atoms with van der Waals surface area (Å²) in [5.74, 6) is 0.686. The van der Waals surface area contributed by atoms with Gasteiger partial charge in [-0.2, -0.15) is 0 Å². The number of amides is 1. The molecule has 0 fully saturated rings.